The number of ether oxygens (including phenoxy) is 1. The molecule has 3 N–H and O–H groups in total. The lowest BCUT2D eigenvalue weighted by atomic mass is 10.2. The van der Waals surface area contributed by atoms with Gasteiger partial charge >= 0.3 is 0 Å². The van der Waals surface area contributed by atoms with Crippen molar-refractivity contribution in [1.29, 1.82) is 0 Å². The van der Waals surface area contributed by atoms with E-state index in [0.717, 1.165) is 31.6 Å². The Labute approximate surface area is 101 Å². The largest absolute Gasteiger partial charge is 0.376 e. The van der Waals surface area contributed by atoms with E-state index < -0.39 is 0 Å². The molecule has 0 aliphatic carbocycles. The monoisotopic (exact) mass is 234 g/mol. The van der Waals surface area contributed by atoms with Gasteiger partial charge in [-0.05, 0) is 24.5 Å². The van der Waals surface area contributed by atoms with Crippen LogP contribution in [-0.4, -0.2) is 30.2 Å². The van der Waals surface area contributed by atoms with Crippen LogP contribution in [0.1, 0.15) is 18.4 Å². The lowest BCUT2D eigenvalue weighted by Crippen LogP contribution is -2.37. The summed E-state index contributed by atoms with van der Waals surface area (Å²) in [5, 5.41) is 3.08. The lowest BCUT2D eigenvalue weighted by molar-refractivity contribution is 0.114. The first kappa shape index (κ1) is 11.9. The van der Waals surface area contributed by atoms with Crippen LogP contribution in [0.15, 0.2) is 29.5 Å². The lowest BCUT2D eigenvalue weighted by Gasteiger charge is -2.10. The second kappa shape index (κ2) is 6.20. The number of aliphatic imine (C=N–C) groups is 1. The van der Waals surface area contributed by atoms with Crippen molar-refractivity contribution < 1.29 is 4.74 Å². The minimum absolute atomic E-state index is 0.280. The zero-order valence-electron chi connectivity index (χ0n) is 9.80. The smallest absolute Gasteiger partial charge is 0.189 e. The van der Waals surface area contributed by atoms with Crippen molar-refractivity contribution in [3.63, 3.8) is 0 Å². The van der Waals surface area contributed by atoms with Crippen molar-refractivity contribution in [2.24, 2.45) is 10.7 Å². The first-order valence-electron chi connectivity index (χ1n) is 5.89. The van der Waals surface area contributed by atoms with Crippen LogP contribution in [0.2, 0.25) is 0 Å². The Morgan fingerprint density at radius 1 is 1.65 bits per heavy atom. The summed E-state index contributed by atoms with van der Waals surface area (Å²) in [7, 11) is 0. The second-order valence-electron chi connectivity index (χ2n) is 4.08. The highest BCUT2D eigenvalue weighted by atomic mass is 16.5. The van der Waals surface area contributed by atoms with E-state index in [1.807, 2.05) is 12.1 Å². The van der Waals surface area contributed by atoms with E-state index in [2.05, 4.69) is 15.3 Å². The number of pyridine rings is 1. The standard InChI is InChI=1S/C12H18N4O/c13-12(16-9-11-4-2-6-17-11)15-8-10-3-1-5-14-7-10/h1,3,5,7,11H,2,4,6,8-9H2,(H3,13,15,16). The minimum atomic E-state index is 0.280. The van der Waals surface area contributed by atoms with Gasteiger partial charge in [-0.3, -0.25) is 4.98 Å². The molecule has 0 radical (unpaired) electrons. The fourth-order valence-corrected chi connectivity index (χ4v) is 1.75. The molecule has 2 heterocycles. The van der Waals surface area contributed by atoms with Crippen LogP contribution in [0.25, 0.3) is 0 Å². The van der Waals surface area contributed by atoms with Crippen molar-refractivity contribution in [3.05, 3.63) is 30.1 Å². The van der Waals surface area contributed by atoms with E-state index >= 15 is 0 Å². The van der Waals surface area contributed by atoms with Gasteiger partial charge in [-0.1, -0.05) is 6.07 Å². The number of hydrogen-bond acceptors (Lipinski definition) is 3. The van der Waals surface area contributed by atoms with Gasteiger partial charge in [0.2, 0.25) is 0 Å². The van der Waals surface area contributed by atoms with Gasteiger partial charge in [0, 0.05) is 25.5 Å². The Hall–Kier alpha value is -1.62. The van der Waals surface area contributed by atoms with E-state index in [0.29, 0.717) is 12.5 Å². The molecule has 0 saturated carbocycles. The van der Waals surface area contributed by atoms with Gasteiger partial charge in [-0.25, -0.2) is 4.99 Å². The first-order chi connectivity index (χ1) is 8.34. The van der Waals surface area contributed by atoms with E-state index in [4.69, 9.17) is 10.5 Å². The number of hydrogen-bond donors (Lipinski definition) is 2. The summed E-state index contributed by atoms with van der Waals surface area (Å²) in [5.41, 5.74) is 6.81. The van der Waals surface area contributed by atoms with Gasteiger partial charge in [-0.15, -0.1) is 0 Å². The Morgan fingerprint density at radius 2 is 2.59 bits per heavy atom. The molecule has 1 aromatic heterocycles. The van der Waals surface area contributed by atoms with Gasteiger partial charge in [0.15, 0.2) is 5.96 Å². The molecule has 17 heavy (non-hydrogen) atoms. The van der Waals surface area contributed by atoms with Crippen LogP contribution in [0, 0.1) is 0 Å². The summed E-state index contributed by atoms with van der Waals surface area (Å²) >= 11 is 0. The van der Waals surface area contributed by atoms with Crippen LogP contribution in [0.4, 0.5) is 0 Å². The fraction of sp³-hybridized carbons (Fsp3) is 0.500. The maximum absolute atomic E-state index is 5.76. The molecule has 0 bridgehead atoms. The highest BCUT2D eigenvalue weighted by Crippen LogP contribution is 2.10. The molecule has 2 rings (SSSR count). The molecular weight excluding hydrogens is 216 g/mol. The van der Waals surface area contributed by atoms with Crippen LogP contribution in [0.5, 0.6) is 0 Å². The quantitative estimate of drug-likeness (QED) is 0.593. The molecule has 1 saturated heterocycles. The second-order valence-corrected chi connectivity index (χ2v) is 4.08. The Bertz CT molecular complexity index is 360. The van der Waals surface area contributed by atoms with Crippen LogP contribution < -0.4 is 11.1 Å². The Morgan fingerprint density at radius 3 is 3.29 bits per heavy atom. The molecule has 1 atom stereocenters. The average molecular weight is 234 g/mol. The summed E-state index contributed by atoms with van der Waals surface area (Å²) in [6, 6.07) is 3.87. The van der Waals surface area contributed by atoms with Crippen LogP contribution in [0.3, 0.4) is 0 Å². The SMILES string of the molecule is NC(=NCc1cccnc1)NCC1CCCO1. The topological polar surface area (TPSA) is 72.5 Å². The Balaban J connectivity index is 1.73. The third-order valence-electron chi connectivity index (χ3n) is 2.69. The van der Waals surface area contributed by atoms with E-state index in [1.54, 1.807) is 12.4 Å². The van der Waals surface area contributed by atoms with Crippen LogP contribution in [-0.2, 0) is 11.3 Å². The summed E-state index contributed by atoms with van der Waals surface area (Å²) in [6.45, 7) is 2.15. The van der Waals surface area contributed by atoms with Crippen molar-refractivity contribution in [1.82, 2.24) is 10.3 Å². The number of nitrogens with one attached hydrogen (secondary N) is 1. The van der Waals surface area contributed by atoms with E-state index in [1.165, 1.54) is 0 Å². The molecule has 1 aliphatic rings. The van der Waals surface area contributed by atoms with Gasteiger partial charge < -0.3 is 15.8 Å². The molecule has 1 aliphatic heterocycles. The maximum Gasteiger partial charge on any atom is 0.189 e. The van der Waals surface area contributed by atoms with Gasteiger partial charge in [0.1, 0.15) is 0 Å². The fourth-order valence-electron chi connectivity index (χ4n) is 1.75. The molecule has 5 nitrogen and oxygen atoms in total. The van der Waals surface area contributed by atoms with Gasteiger partial charge in [0.05, 0.1) is 12.6 Å². The number of nitrogens with two attached hydrogens (primary N) is 1. The summed E-state index contributed by atoms with van der Waals surface area (Å²) in [4.78, 5) is 8.26. The van der Waals surface area contributed by atoms with Gasteiger partial charge in [0.25, 0.3) is 0 Å². The minimum Gasteiger partial charge on any atom is -0.376 e. The third kappa shape index (κ3) is 4.03. The molecule has 0 spiro atoms. The summed E-state index contributed by atoms with van der Waals surface area (Å²) < 4.78 is 5.48. The Kier molecular flexibility index (Phi) is 4.32. The van der Waals surface area contributed by atoms with E-state index in [-0.39, 0.29) is 6.10 Å². The van der Waals surface area contributed by atoms with Crippen molar-refractivity contribution >= 4 is 5.96 Å². The first-order valence-corrected chi connectivity index (χ1v) is 5.89. The normalized spacial score (nSPS) is 20.5. The molecular formula is C12H18N4O. The van der Waals surface area contributed by atoms with Crippen molar-refractivity contribution in [2.45, 2.75) is 25.5 Å². The zero-order chi connectivity index (χ0) is 11.9. The highest BCUT2D eigenvalue weighted by molar-refractivity contribution is 5.77. The van der Waals surface area contributed by atoms with Gasteiger partial charge in [-0.2, -0.15) is 0 Å². The molecule has 5 heteroatoms. The number of nitrogens with zero attached hydrogens (tertiary/aromatic N) is 2. The summed E-state index contributed by atoms with van der Waals surface area (Å²) in [5.74, 6) is 0.462. The number of guanidine groups is 1. The molecule has 92 valence electrons. The van der Waals surface area contributed by atoms with E-state index in [9.17, 15) is 0 Å². The average Bonchev–Trinajstić information content (AvgIpc) is 2.88. The molecule has 0 aromatic carbocycles. The molecule has 1 fully saturated rings. The maximum atomic E-state index is 5.76. The third-order valence-corrected chi connectivity index (χ3v) is 2.69. The predicted molar refractivity (Wildman–Crippen MR) is 66.5 cm³/mol. The number of aromatic nitrogens is 1. The predicted octanol–water partition coefficient (Wildman–Crippen LogP) is 0.665. The summed E-state index contributed by atoms with van der Waals surface area (Å²) in [6.07, 6.45) is 6.05. The van der Waals surface area contributed by atoms with Crippen molar-refractivity contribution in [2.75, 3.05) is 13.2 Å². The highest BCUT2D eigenvalue weighted by Gasteiger charge is 2.14. The van der Waals surface area contributed by atoms with Crippen molar-refractivity contribution in [3.8, 4) is 0 Å². The zero-order valence-corrected chi connectivity index (χ0v) is 9.80. The molecule has 1 aromatic rings. The van der Waals surface area contributed by atoms with Crippen LogP contribution >= 0.6 is 0 Å². The molecule has 0 amide bonds. The number of rotatable bonds is 4. The molecule has 1 unspecified atom stereocenters.